The summed E-state index contributed by atoms with van der Waals surface area (Å²) in [6, 6.07) is 0. The zero-order valence-electron chi connectivity index (χ0n) is 8.93. The molecule has 2 saturated heterocycles. The van der Waals surface area contributed by atoms with E-state index in [4.69, 9.17) is 20.4 Å². The molecule has 0 amide bonds. The lowest BCUT2D eigenvalue weighted by atomic mass is 10.2. The summed E-state index contributed by atoms with van der Waals surface area (Å²) < 4.78 is 0. The fourth-order valence-corrected chi connectivity index (χ4v) is 1.25. The molecule has 2 aliphatic rings. The fraction of sp³-hybridized carbons (Fsp3) is 1.00. The normalized spacial score (nSPS) is 39.8. The standard InChI is InChI=1S/2C4H10N2O2/c2*7-3-1-5-6-2-4(3)8/h2*3-8H,1-2H2. The molecule has 2 rings (SSSR count). The van der Waals surface area contributed by atoms with E-state index in [0.29, 0.717) is 26.2 Å². The van der Waals surface area contributed by atoms with E-state index in [0.717, 1.165) is 0 Å². The molecule has 8 heteroatoms. The smallest absolute Gasteiger partial charge is 0.0950 e. The molecule has 2 heterocycles. The average Bonchev–Trinajstić information content (AvgIpc) is 2.28. The minimum absolute atomic E-state index is 0.418. The highest BCUT2D eigenvalue weighted by Gasteiger charge is 2.19. The Morgan fingerprint density at radius 1 is 0.500 bits per heavy atom. The van der Waals surface area contributed by atoms with E-state index in [1.54, 1.807) is 0 Å². The summed E-state index contributed by atoms with van der Waals surface area (Å²) in [5.74, 6) is 0. The summed E-state index contributed by atoms with van der Waals surface area (Å²) >= 11 is 0. The van der Waals surface area contributed by atoms with Gasteiger partial charge in [-0.15, -0.1) is 0 Å². The summed E-state index contributed by atoms with van der Waals surface area (Å²) in [4.78, 5) is 0. The minimum atomic E-state index is -0.615. The van der Waals surface area contributed by atoms with E-state index >= 15 is 0 Å². The Kier molecular flexibility index (Phi) is 6.09. The van der Waals surface area contributed by atoms with Gasteiger partial charge in [0.25, 0.3) is 0 Å². The molecule has 0 bridgehead atoms. The van der Waals surface area contributed by atoms with Crippen molar-refractivity contribution in [2.24, 2.45) is 0 Å². The quantitative estimate of drug-likeness (QED) is 0.212. The van der Waals surface area contributed by atoms with Crippen LogP contribution >= 0.6 is 0 Å². The van der Waals surface area contributed by atoms with Crippen molar-refractivity contribution >= 4 is 0 Å². The number of hydrogen-bond donors (Lipinski definition) is 8. The maximum atomic E-state index is 8.83. The monoisotopic (exact) mass is 236 g/mol. The van der Waals surface area contributed by atoms with Crippen molar-refractivity contribution in [2.75, 3.05) is 26.2 Å². The highest BCUT2D eigenvalue weighted by atomic mass is 16.3. The number of hydrazine groups is 2. The zero-order chi connectivity index (χ0) is 12.0. The molecule has 96 valence electrons. The Morgan fingerprint density at radius 2 is 0.688 bits per heavy atom. The fourth-order valence-electron chi connectivity index (χ4n) is 1.25. The van der Waals surface area contributed by atoms with Crippen LogP contribution in [-0.4, -0.2) is 71.0 Å². The van der Waals surface area contributed by atoms with Gasteiger partial charge in [-0.2, -0.15) is 0 Å². The third kappa shape index (κ3) is 4.68. The molecule has 0 aromatic rings. The van der Waals surface area contributed by atoms with Crippen LogP contribution in [0.25, 0.3) is 0 Å². The molecule has 0 aliphatic carbocycles. The van der Waals surface area contributed by atoms with Gasteiger partial charge in [0.1, 0.15) is 0 Å². The Hall–Kier alpha value is -0.320. The second-order valence-electron chi connectivity index (χ2n) is 3.79. The first-order valence-electron chi connectivity index (χ1n) is 5.25. The number of aliphatic hydroxyl groups excluding tert-OH is 4. The van der Waals surface area contributed by atoms with Crippen molar-refractivity contribution in [3.63, 3.8) is 0 Å². The average molecular weight is 236 g/mol. The van der Waals surface area contributed by atoms with Gasteiger partial charge in [-0.25, -0.2) is 0 Å². The first-order valence-corrected chi connectivity index (χ1v) is 5.25. The Labute approximate surface area is 93.6 Å². The molecule has 4 atom stereocenters. The Bertz CT molecular complexity index is 157. The zero-order valence-corrected chi connectivity index (χ0v) is 8.93. The molecule has 2 aliphatic heterocycles. The van der Waals surface area contributed by atoms with Crippen LogP contribution in [0.2, 0.25) is 0 Å². The highest BCUT2D eigenvalue weighted by molar-refractivity contribution is 4.74. The van der Waals surface area contributed by atoms with Crippen molar-refractivity contribution in [3.8, 4) is 0 Å². The van der Waals surface area contributed by atoms with Crippen LogP contribution in [-0.2, 0) is 0 Å². The van der Waals surface area contributed by atoms with Crippen LogP contribution < -0.4 is 21.7 Å². The summed E-state index contributed by atoms with van der Waals surface area (Å²) in [5.41, 5.74) is 10.8. The number of nitrogens with one attached hydrogen (secondary N) is 4. The van der Waals surface area contributed by atoms with Crippen LogP contribution in [0.15, 0.2) is 0 Å². The molecule has 0 aromatic carbocycles. The van der Waals surface area contributed by atoms with Gasteiger partial charge < -0.3 is 20.4 Å². The summed E-state index contributed by atoms with van der Waals surface area (Å²) in [6.07, 6.45) is -2.46. The van der Waals surface area contributed by atoms with Crippen LogP contribution in [0, 0.1) is 0 Å². The van der Waals surface area contributed by atoms with E-state index < -0.39 is 24.4 Å². The van der Waals surface area contributed by atoms with Gasteiger partial charge in [0.15, 0.2) is 0 Å². The van der Waals surface area contributed by atoms with Gasteiger partial charge in [-0.3, -0.25) is 21.7 Å². The van der Waals surface area contributed by atoms with Crippen molar-refractivity contribution in [1.82, 2.24) is 21.7 Å². The van der Waals surface area contributed by atoms with E-state index in [9.17, 15) is 0 Å². The highest BCUT2D eigenvalue weighted by Crippen LogP contribution is 1.93. The SMILES string of the molecule is OC1CNNCC1O.OC1CNNCC1O. The molecule has 0 radical (unpaired) electrons. The molecule has 8 N–H and O–H groups in total. The summed E-state index contributed by atoms with van der Waals surface area (Å²) in [7, 11) is 0. The molecule has 0 aromatic heterocycles. The first-order chi connectivity index (χ1) is 7.61. The summed E-state index contributed by atoms with van der Waals surface area (Å²) in [6.45, 7) is 1.67. The number of hydrogen-bond acceptors (Lipinski definition) is 8. The lowest BCUT2D eigenvalue weighted by Crippen LogP contribution is -2.54. The van der Waals surface area contributed by atoms with Crippen LogP contribution in [0.5, 0.6) is 0 Å². The Balaban J connectivity index is 0.000000160. The number of rotatable bonds is 0. The third-order valence-corrected chi connectivity index (χ3v) is 2.38. The van der Waals surface area contributed by atoms with Crippen molar-refractivity contribution in [1.29, 1.82) is 0 Å². The number of β-amino-alcohol motifs (C(OH)–C–C–N with tert-alkyl or cyclic N) is 4. The molecular formula is C8H20N4O4. The van der Waals surface area contributed by atoms with Gasteiger partial charge in [0, 0.05) is 26.2 Å². The lowest BCUT2D eigenvalue weighted by Gasteiger charge is -2.24. The first kappa shape index (κ1) is 13.7. The molecular weight excluding hydrogens is 216 g/mol. The Morgan fingerprint density at radius 3 is 0.812 bits per heavy atom. The summed E-state index contributed by atoms with van der Waals surface area (Å²) in [5, 5.41) is 35.3. The van der Waals surface area contributed by atoms with E-state index in [-0.39, 0.29) is 0 Å². The van der Waals surface area contributed by atoms with Gasteiger partial charge in [0.2, 0.25) is 0 Å². The molecule has 0 saturated carbocycles. The van der Waals surface area contributed by atoms with Crippen LogP contribution in [0.4, 0.5) is 0 Å². The van der Waals surface area contributed by atoms with E-state index in [1.807, 2.05) is 0 Å². The van der Waals surface area contributed by atoms with Crippen molar-refractivity contribution in [3.05, 3.63) is 0 Å². The largest absolute Gasteiger partial charge is 0.389 e. The molecule has 4 unspecified atom stereocenters. The van der Waals surface area contributed by atoms with Crippen LogP contribution in [0.1, 0.15) is 0 Å². The van der Waals surface area contributed by atoms with Crippen molar-refractivity contribution in [2.45, 2.75) is 24.4 Å². The predicted molar refractivity (Wildman–Crippen MR) is 56.0 cm³/mol. The minimum Gasteiger partial charge on any atom is -0.389 e. The van der Waals surface area contributed by atoms with E-state index in [2.05, 4.69) is 21.7 Å². The van der Waals surface area contributed by atoms with Gasteiger partial charge in [0.05, 0.1) is 24.4 Å². The maximum absolute atomic E-state index is 8.83. The molecule has 0 spiro atoms. The second kappa shape index (κ2) is 7.09. The second-order valence-corrected chi connectivity index (χ2v) is 3.79. The van der Waals surface area contributed by atoms with Gasteiger partial charge in [-0.05, 0) is 0 Å². The molecule has 16 heavy (non-hydrogen) atoms. The predicted octanol–water partition coefficient (Wildman–Crippen LogP) is -4.37. The van der Waals surface area contributed by atoms with Crippen molar-refractivity contribution < 1.29 is 20.4 Å². The molecule has 8 nitrogen and oxygen atoms in total. The molecule has 2 fully saturated rings. The van der Waals surface area contributed by atoms with Gasteiger partial charge >= 0.3 is 0 Å². The van der Waals surface area contributed by atoms with Crippen LogP contribution in [0.3, 0.4) is 0 Å². The maximum Gasteiger partial charge on any atom is 0.0950 e. The lowest BCUT2D eigenvalue weighted by molar-refractivity contribution is -0.00233. The third-order valence-electron chi connectivity index (χ3n) is 2.38. The topological polar surface area (TPSA) is 129 Å². The van der Waals surface area contributed by atoms with Gasteiger partial charge in [-0.1, -0.05) is 0 Å². The number of aliphatic hydroxyl groups is 4. The van der Waals surface area contributed by atoms with E-state index in [1.165, 1.54) is 0 Å².